The monoisotopic (exact) mass is 365 g/mol. The molecular formula is C20H28FNO4. The number of hydrogen-bond donors (Lipinski definition) is 1. The summed E-state index contributed by atoms with van der Waals surface area (Å²) in [5, 5.41) is 3.00. The minimum Gasteiger partial charge on any atom is -0.494 e. The van der Waals surface area contributed by atoms with E-state index in [0.29, 0.717) is 17.4 Å². The number of carbonyl (C=O) groups excluding carboxylic acids is 2. The maximum absolute atomic E-state index is 13.7. The van der Waals surface area contributed by atoms with Crippen LogP contribution in [0.25, 0.3) is 0 Å². The predicted molar refractivity (Wildman–Crippen MR) is 96.3 cm³/mol. The third-order valence-electron chi connectivity index (χ3n) is 5.28. The normalized spacial score (nSPS) is 23.8. The van der Waals surface area contributed by atoms with Gasteiger partial charge in [-0.15, -0.1) is 0 Å². The molecule has 1 N–H and O–H groups in total. The van der Waals surface area contributed by atoms with E-state index in [1.54, 1.807) is 13.0 Å². The standard InChI is InChI=1S/C20H28FNO4/c1-12-6-5-7-17(13(12)2)22-20(24)14(3)26-19(23)11-15-8-9-18(25-4)16(21)10-15/h8-10,12-14,17H,5-7,11H2,1-4H3,(H,22,24)/t12-,13+,14+,17+/m0/s1. The largest absolute Gasteiger partial charge is 0.494 e. The molecule has 0 unspecified atom stereocenters. The number of halogens is 1. The van der Waals surface area contributed by atoms with Gasteiger partial charge in [0.2, 0.25) is 0 Å². The molecule has 6 heteroatoms. The highest BCUT2D eigenvalue weighted by molar-refractivity contribution is 5.84. The molecule has 26 heavy (non-hydrogen) atoms. The van der Waals surface area contributed by atoms with Crippen LogP contribution in [0.4, 0.5) is 4.39 Å². The molecule has 1 saturated carbocycles. The molecule has 0 bridgehead atoms. The quantitative estimate of drug-likeness (QED) is 0.786. The highest BCUT2D eigenvalue weighted by Crippen LogP contribution is 2.29. The Kier molecular flexibility index (Phi) is 7.00. The molecule has 1 aromatic carbocycles. The van der Waals surface area contributed by atoms with E-state index in [0.717, 1.165) is 12.8 Å². The molecule has 0 spiro atoms. The summed E-state index contributed by atoms with van der Waals surface area (Å²) in [5.74, 6) is -0.308. The molecule has 144 valence electrons. The number of methoxy groups -OCH3 is 1. The van der Waals surface area contributed by atoms with E-state index in [2.05, 4.69) is 19.2 Å². The number of esters is 1. The van der Waals surface area contributed by atoms with Crippen molar-refractivity contribution in [3.63, 3.8) is 0 Å². The van der Waals surface area contributed by atoms with E-state index in [9.17, 15) is 14.0 Å². The summed E-state index contributed by atoms with van der Waals surface area (Å²) in [6.07, 6.45) is 2.23. The zero-order valence-electron chi connectivity index (χ0n) is 15.9. The first-order valence-corrected chi connectivity index (χ1v) is 9.14. The molecule has 0 heterocycles. The van der Waals surface area contributed by atoms with Gasteiger partial charge in [-0.25, -0.2) is 4.39 Å². The lowest BCUT2D eigenvalue weighted by Gasteiger charge is -2.35. The molecular weight excluding hydrogens is 337 g/mol. The van der Waals surface area contributed by atoms with Crippen molar-refractivity contribution in [1.29, 1.82) is 0 Å². The van der Waals surface area contributed by atoms with Crippen LogP contribution in [0.5, 0.6) is 5.75 Å². The second kappa shape index (κ2) is 9.01. The Morgan fingerprint density at radius 3 is 2.69 bits per heavy atom. The van der Waals surface area contributed by atoms with Crippen LogP contribution in [0, 0.1) is 17.7 Å². The summed E-state index contributed by atoms with van der Waals surface area (Å²) >= 11 is 0. The molecule has 0 aromatic heterocycles. The molecule has 0 aliphatic heterocycles. The fourth-order valence-corrected chi connectivity index (χ4v) is 3.36. The van der Waals surface area contributed by atoms with Crippen molar-refractivity contribution in [3.05, 3.63) is 29.6 Å². The van der Waals surface area contributed by atoms with Crippen LogP contribution in [0.1, 0.15) is 45.6 Å². The van der Waals surface area contributed by atoms with E-state index >= 15 is 0 Å². The Labute approximate surface area is 154 Å². The average molecular weight is 365 g/mol. The van der Waals surface area contributed by atoms with Crippen molar-refractivity contribution in [2.75, 3.05) is 7.11 Å². The molecule has 4 atom stereocenters. The zero-order chi connectivity index (χ0) is 19.3. The number of benzene rings is 1. The summed E-state index contributed by atoms with van der Waals surface area (Å²) in [5.41, 5.74) is 0.468. The van der Waals surface area contributed by atoms with Gasteiger partial charge in [0, 0.05) is 6.04 Å². The molecule has 1 aromatic rings. The topological polar surface area (TPSA) is 64.6 Å². The number of carbonyl (C=O) groups is 2. The van der Waals surface area contributed by atoms with E-state index in [1.807, 2.05) is 0 Å². The van der Waals surface area contributed by atoms with Gasteiger partial charge in [-0.3, -0.25) is 9.59 Å². The van der Waals surface area contributed by atoms with Gasteiger partial charge in [0.05, 0.1) is 13.5 Å². The first-order chi connectivity index (χ1) is 12.3. The van der Waals surface area contributed by atoms with Crippen LogP contribution in [0.3, 0.4) is 0 Å². The van der Waals surface area contributed by atoms with Crippen molar-refractivity contribution >= 4 is 11.9 Å². The van der Waals surface area contributed by atoms with Crippen LogP contribution in [-0.2, 0) is 20.7 Å². The summed E-state index contributed by atoms with van der Waals surface area (Å²) in [4.78, 5) is 24.4. The lowest BCUT2D eigenvalue weighted by atomic mass is 9.78. The molecule has 1 aliphatic rings. The van der Waals surface area contributed by atoms with Gasteiger partial charge in [0.25, 0.3) is 5.91 Å². The Morgan fingerprint density at radius 2 is 2.04 bits per heavy atom. The number of hydrogen-bond acceptors (Lipinski definition) is 4. The maximum atomic E-state index is 13.7. The molecule has 1 aliphatic carbocycles. The smallest absolute Gasteiger partial charge is 0.311 e. The van der Waals surface area contributed by atoms with Crippen molar-refractivity contribution in [3.8, 4) is 5.75 Å². The number of amides is 1. The van der Waals surface area contributed by atoms with Gasteiger partial charge in [0.15, 0.2) is 17.7 Å². The van der Waals surface area contributed by atoms with Crippen LogP contribution < -0.4 is 10.1 Å². The van der Waals surface area contributed by atoms with E-state index in [4.69, 9.17) is 9.47 Å². The van der Waals surface area contributed by atoms with Crippen LogP contribution in [0.2, 0.25) is 0 Å². The van der Waals surface area contributed by atoms with Crippen molar-refractivity contribution < 1.29 is 23.5 Å². The maximum Gasteiger partial charge on any atom is 0.311 e. The van der Waals surface area contributed by atoms with Crippen molar-refractivity contribution in [2.45, 2.75) is 58.6 Å². The molecule has 1 fully saturated rings. The van der Waals surface area contributed by atoms with Gasteiger partial charge >= 0.3 is 5.97 Å². The lowest BCUT2D eigenvalue weighted by Crippen LogP contribution is -2.47. The summed E-state index contributed by atoms with van der Waals surface area (Å²) in [7, 11) is 1.38. The van der Waals surface area contributed by atoms with Crippen molar-refractivity contribution in [1.82, 2.24) is 5.32 Å². The van der Waals surface area contributed by atoms with E-state index in [-0.39, 0.29) is 24.1 Å². The SMILES string of the molecule is COc1ccc(CC(=O)O[C@H](C)C(=O)N[C@@H]2CCC[C@H](C)[C@H]2C)cc1F. The minimum absolute atomic E-state index is 0.102. The highest BCUT2D eigenvalue weighted by atomic mass is 19.1. The van der Waals surface area contributed by atoms with Crippen molar-refractivity contribution in [2.24, 2.45) is 11.8 Å². The number of nitrogens with one attached hydrogen (secondary N) is 1. The Balaban J connectivity index is 1.86. The number of rotatable bonds is 6. The fourth-order valence-electron chi connectivity index (χ4n) is 3.36. The van der Waals surface area contributed by atoms with Crippen LogP contribution in [0.15, 0.2) is 18.2 Å². The van der Waals surface area contributed by atoms with Crippen LogP contribution >= 0.6 is 0 Å². The summed E-state index contributed by atoms with van der Waals surface area (Å²) in [6, 6.07) is 4.40. The van der Waals surface area contributed by atoms with Crippen LogP contribution in [-0.4, -0.2) is 31.1 Å². The second-order valence-electron chi connectivity index (χ2n) is 7.16. The Morgan fingerprint density at radius 1 is 1.31 bits per heavy atom. The highest BCUT2D eigenvalue weighted by Gasteiger charge is 2.30. The molecule has 5 nitrogen and oxygen atoms in total. The van der Waals surface area contributed by atoms with E-state index in [1.165, 1.54) is 25.7 Å². The summed E-state index contributed by atoms with van der Waals surface area (Å²) < 4.78 is 23.7. The van der Waals surface area contributed by atoms with Gasteiger partial charge in [-0.1, -0.05) is 32.8 Å². The molecule has 1 amide bonds. The molecule has 2 rings (SSSR count). The predicted octanol–water partition coefficient (Wildman–Crippen LogP) is 3.25. The first kappa shape index (κ1) is 20.2. The second-order valence-corrected chi connectivity index (χ2v) is 7.16. The van der Waals surface area contributed by atoms with Gasteiger partial charge in [0.1, 0.15) is 0 Å². The van der Waals surface area contributed by atoms with Gasteiger partial charge < -0.3 is 14.8 Å². The van der Waals surface area contributed by atoms with Gasteiger partial charge in [-0.05, 0) is 42.9 Å². The average Bonchev–Trinajstić information content (AvgIpc) is 2.59. The molecule has 0 saturated heterocycles. The third-order valence-corrected chi connectivity index (χ3v) is 5.28. The lowest BCUT2D eigenvalue weighted by molar-refractivity contribution is -0.154. The minimum atomic E-state index is -0.880. The third kappa shape index (κ3) is 5.19. The Bertz CT molecular complexity index is 649. The first-order valence-electron chi connectivity index (χ1n) is 9.14. The summed E-state index contributed by atoms with van der Waals surface area (Å²) in [6.45, 7) is 5.89. The Hall–Kier alpha value is -2.11. The number of ether oxygens (including phenoxy) is 2. The van der Waals surface area contributed by atoms with E-state index < -0.39 is 17.9 Å². The fraction of sp³-hybridized carbons (Fsp3) is 0.600. The molecule has 0 radical (unpaired) electrons. The van der Waals surface area contributed by atoms with Gasteiger partial charge in [-0.2, -0.15) is 0 Å². The zero-order valence-corrected chi connectivity index (χ0v) is 15.9.